The molecule has 0 radical (unpaired) electrons. The SMILES string of the molecule is CN(C)[C@@H](CNC(=O)c1ccc(C(F)(F)F)cc1)c1ccsc1. The average molecular weight is 342 g/mol. The van der Waals surface area contributed by atoms with Crippen molar-refractivity contribution in [3.8, 4) is 0 Å². The number of hydrogen-bond acceptors (Lipinski definition) is 3. The van der Waals surface area contributed by atoms with Gasteiger partial charge in [0, 0.05) is 12.1 Å². The summed E-state index contributed by atoms with van der Waals surface area (Å²) in [6.45, 7) is 0.379. The quantitative estimate of drug-likeness (QED) is 0.896. The Balaban J connectivity index is 2.01. The van der Waals surface area contributed by atoms with Crippen molar-refractivity contribution in [2.75, 3.05) is 20.6 Å². The molecule has 0 fully saturated rings. The monoisotopic (exact) mass is 342 g/mol. The van der Waals surface area contributed by atoms with Crippen molar-refractivity contribution in [1.82, 2.24) is 10.2 Å². The van der Waals surface area contributed by atoms with E-state index in [9.17, 15) is 18.0 Å². The van der Waals surface area contributed by atoms with Crippen LogP contribution in [0.4, 0.5) is 13.2 Å². The molecule has 1 aromatic carbocycles. The fraction of sp³-hybridized carbons (Fsp3) is 0.312. The molecule has 1 atom stereocenters. The van der Waals surface area contributed by atoms with Crippen LogP contribution in [0.25, 0.3) is 0 Å². The Morgan fingerprint density at radius 3 is 2.35 bits per heavy atom. The van der Waals surface area contributed by atoms with Crippen molar-refractivity contribution >= 4 is 17.2 Å². The zero-order chi connectivity index (χ0) is 17.0. The molecule has 0 aliphatic carbocycles. The van der Waals surface area contributed by atoms with Gasteiger partial charge in [-0.2, -0.15) is 24.5 Å². The van der Waals surface area contributed by atoms with E-state index in [-0.39, 0.29) is 17.5 Å². The van der Waals surface area contributed by atoms with Gasteiger partial charge in [0.25, 0.3) is 5.91 Å². The van der Waals surface area contributed by atoms with E-state index in [4.69, 9.17) is 0 Å². The number of likely N-dealkylation sites (N-methyl/N-ethyl adjacent to an activating group) is 1. The van der Waals surface area contributed by atoms with Gasteiger partial charge in [0.15, 0.2) is 0 Å². The molecule has 0 aliphatic heterocycles. The van der Waals surface area contributed by atoms with Crippen LogP contribution in [-0.2, 0) is 6.18 Å². The van der Waals surface area contributed by atoms with Gasteiger partial charge in [-0.3, -0.25) is 4.79 Å². The van der Waals surface area contributed by atoms with E-state index in [1.807, 2.05) is 35.8 Å². The Morgan fingerprint density at radius 2 is 1.87 bits per heavy atom. The molecule has 2 rings (SSSR count). The summed E-state index contributed by atoms with van der Waals surface area (Å²) in [5.41, 5.74) is 0.534. The maximum Gasteiger partial charge on any atom is 0.416 e. The summed E-state index contributed by atoms with van der Waals surface area (Å²) in [6, 6.07) is 6.20. The van der Waals surface area contributed by atoms with Gasteiger partial charge in [-0.1, -0.05) is 0 Å². The molecule has 7 heteroatoms. The van der Waals surface area contributed by atoms with E-state index in [1.54, 1.807) is 11.3 Å². The fourth-order valence-corrected chi connectivity index (χ4v) is 2.87. The summed E-state index contributed by atoms with van der Waals surface area (Å²) in [5, 5.41) is 6.74. The lowest BCUT2D eigenvalue weighted by Crippen LogP contribution is -2.34. The van der Waals surface area contributed by atoms with Crippen molar-refractivity contribution in [2.45, 2.75) is 12.2 Å². The minimum atomic E-state index is -4.40. The first-order valence-electron chi connectivity index (χ1n) is 6.93. The first-order valence-corrected chi connectivity index (χ1v) is 7.87. The lowest BCUT2D eigenvalue weighted by molar-refractivity contribution is -0.137. The van der Waals surface area contributed by atoms with Crippen molar-refractivity contribution in [3.63, 3.8) is 0 Å². The Kier molecular flexibility index (Phi) is 5.43. The number of carbonyl (C=O) groups excluding carboxylic acids is 1. The van der Waals surface area contributed by atoms with E-state index in [1.165, 1.54) is 12.1 Å². The lowest BCUT2D eigenvalue weighted by atomic mass is 10.1. The molecule has 0 bridgehead atoms. The van der Waals surface area contributed by atoms with Gasteiger partial charge in [-0.05, 0) is 60.8 Å². The smallest absolute Gasteiger partial charge is 0.350 e. The molecule has 1 N–H and O–H groups in total. The van der Waals surface area contributed by atoms with E-state index in [0.29, 0.717) is 6.54 Å². The van der Waals surface area contributed by atoms with Crippen LogP contribution in [0.1, 0.15) is 27.5 Å². The second-order valence-corrected chi connectivity index (χ2v) is 6.10. The molecule has 3 nitrogen and oxygen atoms in total. The second-order valence-electron chi connectivity index (χ2n) is 5.32. The summed E-state index contributed by atoms with van der Waals surface area (Å²) in [7, 11) is 3.82. The normalized spacial score (nSPS) is 13.1. The molecule has 2 aromatic rings. The highest BCUT2D eigenvalue weighted by Gasteiger charge is 2.30. The number of carbonyl (C=O) groups is 1. The molecule has 124 valence electrons. The van der Waals surface area contributed by atoms with Crippen LogP contribution in [0.2, 0.25) is 0 Å². The molecular formula is C16H17F3N2OS. The Morgan fingerprint density at radius 1 is 1.22 bits per heavy atom. The molecule has 0 unspecified atom stereocenters. The van der Waals surface area contributed by atoms with Crippen LogP contribution in [0.15, 0.2) is 41.1 Å². The van der Waals surface area contributed by atoms with E-state index in [2.05, 4.69) is 5.32 Å². The van der Waals surface area contributed by atoms with Crippen LogP contribution in [-0.4, -0.2) is 31.4 Å². The van der Waals surface area contributed by atoms with Crippen LogP contribution < -0.4 is 5.32 Å². The van der Waals surface area contributed by atoms with Gasteiger partial charge < -0.3 is 10.2 Å². The molecular weight excluding hydrogens is 325 g/mol. The van der Waals surface area contributed by atoms with Gasteiger partial charge in [-0.25, -0.2) is 0 Å². The number of amides is 1. The highest BCUT2D eigenvalue weighted by Crippen LogP contribution is 2.29. The average Bonchev–Trinajstić information content (AvgIpc) is 3.00. The number of hydrogen-bond donors (Lipinski definition) is 1. The Bertz CT molecular complexity index is 636. The third-order valence-corrected chi connectivity index (χ3v) is 4.18. The first kappa shape index (κ1) is 17.5. The molecule has 0 spiro atoms. The number of nitrogens with one attached hydrogen (secondary N) is 1. The molecule has 1 amide bonds. The number of thiophene rings is 1. The van der Waals surface area contributed by atoms with Gasteiger partial charge in [0.1, 0.15) is 0 Å². The highest BCUT2D eigenvalue weighted by atomic mass is 32.1. The Labute approximate surface area is 136 Å². The van der Waals surface area contributed by atoms with E-state index < -0.39 is 11.7 Å². The molecule has 0 saturated heterocycles. The summed E-state index contributed by atoms with van der Waals surface area (Å²) < 4.78 is 37.5. The summed E-state index contributed by atoms with van der Waals surface area (Å²) in [5.74, 6) is -0.388. The summed E-state index contributed by atoms with van der Waals surface area (Å²) in [6.07, 6.45) is -4.40. The number of benzene rings is 1. The maximum absolute atomic E-state index is 12.5. The number of alkyl halides is 3. The first-order chi connectivity index (χ1) is 10.8. The van der Waals surface area contributed by atoms with Gasteiger partial charge in [0.05, 0.1) is 11.6 Å². The molecule has 1 heterocycles. The van der Waals surface area contributed by atoms with Crippen LogP contribution in [0, 0.1) is 0 Å². The fourth-order valence-electron chi connectivity index (χ4n) is 2.17. The van der Waals surface area contributed by atoms with E-state index >= 15 is 0 Å². The van der Waals surface area contributed by atoms with E-state index in [0.717, 1.165) is 17.7 Å². The highest BCUT2D eigenvalue weighted by molar-refractivity contribution is 7.07. The predicted molar refractivity (Wildman–Crippen MR) is 84.5 cm³/mol. The molecule has 0 saturated carbocycles. The van der Waals surface area contributed by atoms with Crippen LogP contribution >= 0.6 is 11.3 Å². The summed E-state index contributed by atoms with van der Waals surface area (Å²) in [4.78, 5) is 14.1. The Hall–Kier alpha value is -1.86. The van der Waals surface area contributed by atoms with Gasteiger partial charge in [-0.15, -0.1) is 0 Å². The number of nitrogens with zero attached hydrogens (tertiary/aromatic N) is 1. The van der Waals surface area contributed by atoms with Gasteiger partial charge in [0.2, 0.25) is 0 Å². The predicted octanol–water partition coefficient (Wildman–Crippen LogP) is 3.80. The number of rotatable bonds is 5. The van der Waals surface area contributed by atoms with Crippen LogP contribution in [0.3, 0.4) is 0 Å². The molecule has 0 aliphatic rings. The lowest BCUT2D eigenvalue weighted by Gasteiger charge is -2.24. The largest absolute Gasteiger partial charge is 0.416 e. The van der Waals surface area contributed by atoms with Crippen molar-refractivity contribution in [3.05, 3.63) is 57.8 Å². The summed E-state index contributed by atoms with van der Waals surface area (Å²) >= 11 is 1.57. The zero-order valence-corrected chi connectivity index (χ0v) is 13.5. The topological polar surface area (TPSA) is 32.3 Å². The van der Waals surface area contributed by atoms with Crippen molar-refractivity contribution < 1.29 is 18.0 Å². The van der Waals surface area contributed by atoms with Crippen molar-refractivity contribution in [1.29, 1.82) is 0 Å². The van der Waals surface area contributed by atoms with Crippen LogP contribution in [0.5, 0.6) is 0 Å². The minimum Gasteiger partial charge on any atom is -0.350 e. The maximum atomic E-state index is 12.5. The molecule has 1 aromatic heterocycles. The van der Waals surface area contributed by atoms with Crippen molar-refractivity contribution in [2.24, 2.45) is 0 Å². The standard InChI is InChI=1S/C16H17F3N2OS/c1-21(2)14(12-7-8-23-10-12)9-20-15(22)11-3-5-13(6-4-11)16(17,18)19/h3-8,10,14H,9H2,1-2H3,(H,20,22)/t14-/m0/s1. The number of halogens is 3. The van der Waals surface area contributed by atoms with Gasteiger partial charge >= 0.3 is 6.18 Å². The molecule has 23 heavy (non-hydrogen) atoms. The zero-order valence-electron chi connectivity index (χ0n) is 12.7. The third kappa shape index (κ3) is 4.56. The second kappa shape index (κ2) is 7.14. The minimum absolute atomic E-state index is 0.0136. The third-order valence-electron chi connectivity index (χ3n) is 3.48.